The molecule has 2 rings (SSSR count). The van der Waals surface area contributed by atoms with Crippen molar-refractivity contribution in [2.24, 2.45) is 0 Å². The van der Waals surface area contributed by atoms with E-state index in [2.05, 4.69) is 5.10 Å². The Hall–Kier alpha value is -1.58. The molecule has 0 aromatic carbocycles. The van der Waals surface area contributed by atoms with Crippen LogP contribution in [-0.2, 0) is 5.54 Å². The average molecular weight is 191 g/mol. The van der Waals surface area contributed by atoms with Crippen LogP contribution >= 0.6 is 0 Å². The topological polar surface area (TPSA) is 39.3 Å². The normalized spacial score (nSPS) is 12.2. The Labute approximate surface area is 81.8 Å². The van der Waals surface area contributed by atoms with Crippen LogP contribution in [0.2, 0.25) is 0 Å². The Morgan fingerprint density at radius 1 is 1.36 bits per heavy atom. The molecule has 0 atom stereocenters. The molecular formula is C10H13N3O. The lowest BCUT2D eigenvalue weighted by Crippen LogP contribution is -2.38. The van der Waals surface area contributed by atoms with Gasteiger partial charge in [0.05, 0.1) is 17.3 Å². The molecule has 0 radical (unpaired) electrons. The Balaban J connectivity index is 2.81. The highest BCUT2D eigenvalue weighted by molar-refractivity contribution is 5.43. The summed E-state index contributed by atoms with van der Waals surface area (Å²) >= 11 is 0. The standard InChI is InChI=1S/C10H13N3O/c1-10(2,3)13-9(14)12-6-4-5-8(12)7-11-13/h4-7H,1-3H3. The zero-order valence-electron chi connectivity index (χ0n) is 8.56. The maximum Gasteiger partial charge on any atom is 0.349 e. The summed E-state index contributed by atoms with van der Waals surface area (Å²) < 4.78 is 3.08. The first-order valence-electron chi connectivity index (χ1n) is 4.56. The molecule has 0 aliphatic heterocycles. The molecule has 74 valence electrons. The third kappa shape index (κ3) is 1.23. The molecule has 0 amide bonds. The van der Waals surface area contributed by atoms with Crippen LogP contribution < -0.4 is 5.69 Å². The van der Waals surface area contributed by atoms with E-state index < -0.39 is 0 Å². The molecule has 2 aromatic heterocycles. The largest absolute Gasteiger partial charge is 0.349 e. The second-order valence-corrected chi connectivity index (χ2v) is 4.31. The molecule has 0 saturated heterocycles. The van der Waals surface area contributed by atoms with Crippen molar-refractivity contribution in [1.29, 1.82) is 0 Å². The van der Waals surface area contributed by atoms with Gasteiger partial charge >= 0.3 is 5.69 Å². The first kappa shape index (κ1) is 8.99. The first-order chi connectivity index (χ1) is 6.50. The van der Waals surface area contributed by atoms with Crippen LogP contribution in [0.15, 0.2) is 29.3 Å². The Morgan fingerprint density at radius 3 is 2.71 bits per heavy atom. The van der Waals surface area contributed by atoms with Crippen LogP contribution in [0.5, 0.6) is 0 Å². The predicted octanol–water partition coefficient (Wildman–Crippen LogP) is 1.25. The van der Waals surface area contributed by atoms with Gasteiger partial charge in [0.25, 0.3) is 0 Å². The summed E-state index contributed by atoms with van der Waals surface area (Å²) in [6, 6.07) is 3.70. The van der Waals surface area contributed by atoms with E-state index in [4.69, 9.17) is 0 Å². The molecule has 0 spiro atoms. The molecule has 2 heterocycles. The minimum absolute atomic E-state index is 0.0972. The molecule has 2 aromatic rings. The summed E-state index contributed by atoms with van der Waals surface area (Å²) in [5.41, 5.74) is 0.450. The number of aromatic nitrogens is 3. The van der Waals surface area contributed by atoms with Gasteiger partial charge in [-0.3, -0.25) is 4.40 Å². The van der Waals surface area contributed by atoms with Gasteiger partial charge in [-0.05, 0) is 32.9 Å². The number of nitrogens with zero attached hydrogens (tertiary/aromatic N) is 3. The zero-order chi connectivity index (χ0) is 10.3. The van der Waals surface area contributed by atoms with Gasteiger partial charge in [0.1, 0.15) is 0 Å². The van der Waals surface area contributed by atoms with Crippen LogP contribution in [0.25, 0.3) is 5.52 Å². The molecule has 0 aliphatic rings. The molecular weight excluding hydrogens is 178 g/mol. The summed E-state index contributed by atoms with van der Waals surface area (Å²) in [7, 11) is 0. The fourth-order valence-corrected chi connectivity index (χ4v) is 1.40. The lowest BCUT2D eigenvalue weighted by Gasteiger charge is -2.19. The van der Waals surface area contributed by atoms with Crippen LogP contribution in [0.4, 0.5) is 0 Å². The minimum atomic E-state index is -0.282. The summed E-state index contributed by atoms with van der Waals surface area (Å²) in [4.78, 5) is 11.9. The fourth-order valence-electron chi connectivity index (χ4n) is 1.40. The third-order valence-corrected chi connectivity index (χ3v) is 2.11. The summed E-state index contributed by atoms with van der Waals surface area (Å²) in [6.07, 6.45) is 3.45. The third-order valence-electron chi connectivity index (χ3n) is 2.11. The Morgan fingerprint density at radius 2 is 2.07 bits per heavy atom. The van der Waals surface area contributed by atoms with Gasteiger partial charge in [-0.15, -0.1) is 0 Å². The lowest BCUT2D eigenvalue weighted by molar-refractivity contribution is 0.329. The van der Waals surface area contributed by atoms with E-state index in [0.29, 0.717) is 0 Å². The fraction of sp³-hybridized carbons (Fsp3) is 0.400. The highest BCUT2D eigenvalue weighted by Crippen LogP contribution is 2.08. The van der Waals surface area contributed by atoms with E-state index in [-0.39, 0.29) is 11.2 Å². The molecule has 4 heteroatoms. The molecule has 0 fully saturated rings. The van der Waals surface area contributed by atoms with Crippen molar-refractivity contribution in [3.63, 3.8) is 0 Å². The number of hydrogen-bond acceptors (Lipinski definition) is 2. The minimum Gasteiger partial charge on any atom is -0.267 e. The van der Waals surface area contributed by atoms with Crippen LogP contribution in [-0.4, -0.2) is 14.2 Å². The second kappa shape index (κ2) is 2.70. The van der Waals surface area contributed by atoms with Crippen molar-refractivity contribution in [3.8, 4) is 0 Å². The predicted molar refractivity (Wildman–Crippen MR) is 54.4 cm³/mol. The molecule has 4 nitrogen and oxygen atoms in total. The summed E-state index contributed by atoms with van der Waals surface area (Å²) in [5, 5.41) is 4.13. The van der Waals surface area contributed by atoms with Crippen molar-refractivity contribution in [1.82, 2.24) is 14.2 Å². The van der Waals surface area contributed by atoms with E-state index >= 15 is 0 Å². The van der Waals surface area contributed by atoms with Gasteiger partial charge in [-0.1, -0.05) is 0 Å². The van der Waals surface area contributed by atoms with E-state index in [1.165, 1.54) is 4.68 Å². The van der Waals surface area contributed by atoms with Crippen LogP contribution in [0.3, 0.4) is 0 Å². The molecule has 0 unspecified atom stereocenters. The lowest BCUT2D eigenvalue weighted by atomic mass is 10.1. The molecule has 0 aliphatic carbocycles. The zero-order valence-corrected chi connectivity index (χ0v) is 8.56. The van der Waals surface area contributed by atoms with Crippen molar-refractivity contribution >= 4 is 5.52 Å². The van der Waals surface area contributed by atoms with Gasteiger partial charge in [-0.2, -0.15) is 5.10 Å². The Bertz CT molecular complexity index is 516. The number of fused-ring (bicyclic) bond motifs is 1. The Kier molecular flexibility index (Phi) is 1.74. The monoisotopic (exact) mass is 191 g/mol. The maximum atomic E-state index is 11.9. The van der Waals surface area contributed by atoms with Crippen LogP contribution in [0.1, 0.15) is 20.8 Å². The van der Waals surface area contributed by atoms with E-state index in [9.17, 15) is 4.79 Å². The molecule has 14 heavy (non-hydrogen) atoms. The van der Waals surface area contributed by atoms with E-state index in [1.807, 2.05) is 32.9 Å². The molecule has 0 N–H and O–H groups in total. The van der Waals surface area contributed by atoms with E-state index in [0.717, 1.165) is 5.52 Å². The quantitative estimate of drug-likeness (QED) is 0.628. The first-order valence-corrected chi connectivity index (χ1v) is 4.56. The number of hydrogen-bond donors (Lipinski definition) is 0. The molecule has 0 saturated carbocycles. The second-order valence-electron chi connectivity index (χ2n) is 4.31. The van der Waals surface area contributed by atoms with Gasteiger partial charge in [0.15, 0.2) is 0 Å². The summed E-state index contributed by atoms with van der Waals surface area (Å²) in [5.74, 6) is 0. The SMILES string of the molecule is CC(C)(C)n1ncc2cccn2c1=O. The van der Waals surface area contributed by atoms with Crippen molar-refractivity contribution in [3.05, 3.63) is 35.0 Å². The van der Waals surface area contributed by atoms with Crippen molar-refractivity contribution < 1.29 is 0 Å². The highest BCUT2D eigenvalue weighted by Gasteiger charge is 2.16. The summed E-state index contributed by atoms with van der Waals surface area (Å²) in [6.45, 7) is 5.87. The van der Waals surface area contributed by atoms with Crippen molar-refractivity contribution in [2.75, 3.05) is 0 Å². The van der Waals surface area contributed by atoms with Gasteiger partial charge in [0, 0.05) is 6.20 Å². The van der Waals surface area contributed by atoms with Gasteiger partial charge < -0.3 is 0 Å². The number of rotatable bonds is 0. The smallest absolute Gasteiger partial charge is 0.267 e. The molecule has 0 bridgehead atoms. The maximum absolute atomic E-state index is 11.9. The van der Waals surface area contributed by atoms with Gasteiger partial charge in [0.2, 0.25) is 0 Å². The van der Waals surface area contributed by atoms with Crippen molar-refractivity contribution in [2.45, 2.75) is 26.3 Å². The van der Waals surface area contributed by atoms with E-state index in [1.54, 1.807) is 16.8 Å². The highest BCUT2D eigenvalue weighted by atomic mass is 16.2. The van der Waals surface area contributed by atoms with Crippen LogP contribution in [0, 0.1) is 0 Å². The van der Waals surface area contributed by atoms with Gasteiger partial charge in [-0.25, -0.2) is 9.48 Å². The average Bonchev–Trinajstić information content (AvgIpc) is 2.50.